The van der Waals surface area contributed by atoms with E-state index in [1.54, 1.807) is 12.1 Å². The molecule has 2 atom stereocenters. The van der Waals surface area contributed by atoms with E-state index in [1.165, 1.54) is 16.2 Å². The average molecular weight is 300 g/mol. The van der Waals surface area contributed by atoms with Crippen LogP contribution in [0.25, 0.3) is 0 Å². The van der Waals surface area contributed by atoms with E-state index in [0.29, 0.717) is 15.5 Å². The Morgan fingerprint density at radius 3 is 2.75 bits per heavy atom. The zero-order valence-corrected chi connectivity index (χ0v) is 11.9. The summed E-state index contributed by atoms with van der Waals surface area (Å²) in [6, 6.07) is 3.36. The van der Waals surface area contributed by atoms with Gasteiger partial charge < -0.3 is 10.0 Å². The SMILES string of the molecule is O=C(c1ccc(Cl)s1)N(CP)CC(O)CCl. The van der Waals surface area contributed by atoms with Crippen molar-refractivity contribution in [3.63, 3.8) is 0 Å². The van der Waals surface area contributed by atoms with Gasteiger partial charge in [-0.15, -0.1) is 32.2 Å². The van der Waals surface area contributed by atoms with Gasteiger partial charge in [-0.2, -0.15) is 0 Å². The molecule has 0 radical (unpaired) electrons. The van der Waals surface area contributed by atoms with Crippen LogP contribution in [0.4, 0.5) is 0 Å². The number of rotatable bonds is 5. The molecule has 0 bridgehead atoms. The fraction of sp³-hybridized carbons (Fsp3) is 0.444. The van der Waals surface area contributed by atoms with Gasteiger partial charge >= 0.3 is 0 Å². The summed E-state index contributed by atoms with van der Waals surface area (Å²) in [7, 11) is 2.45. The van der Waals surface area contributed by atoms with Crippen molar-refractivity contribution >= 4 is 49.7 Å². The number of hydrogen-bond acceptors (Lipinski definition) is 3. The van der Waals surface area contributed by atoms with E-state index in [1.807, 2.05) is 0 Å². The lowest BCUT2D eigenvalue weighted by atomic mass is 10.3. The lowest BCUT2D eigenvalue weighted by Gasteiger charge is -2.22. The Morgan fingerprint density at radius 1 is 1.62 bits per heavy atom. The highest BCUT2D eigenvalue weighted by molar-refractivity contribution is 7.18. The first-order valence-electron chi connectivity index (χ1n) is 4.57. The van der Waals surface area contributed by atoms with Crippen LogP contribution in [-0.4, -0.2) is 40.7 Å². The third-order valence-corrected chi connectivity index (χ3v) is 3.92. The molecule has 2 unspecified atom stereocenters. The van der Waals surface area contributed by atoms with Crippen molar-refractivity contribution in [2.45, 2.75) is 6.10 Å². The van der Waals surface area contributed by atoms with Crippen molar-refractivity contribution in [3.05, 3.63) is 21.3 Å². The van der Waals surface area contributed by atoms with Crippen LogP contribution in [0.2, 0.25) is 4.34 Å². The molecule has 1 rings (SSSR count). The number of carbonyl (C=O) groups excluding carboxylic acids is 1. The summed E-state index contributed by atoms with van der Waals surface area (Å²) in [6.45, 7) is 0.224. The van der Waals surface area contributed by atoms with E-state index in [4.69, 9.17) is 23.2 Å². The molecule has 16 heavy (non-hydrogen) atoms. The largest absolute Gasteiger partial charge is 0.390 e. The van der Waals surface area contributed by atoms with Gasteiger partial charge in [0.2, 0.25) is 0 Å². The van der Waals surface area contributed by atoms with Crippen molar-refractivity contribution in [1.82, 2.24) is 4.90 Å². The summed E-state index contributed by atoms with van der Waals surface area (Å²) in [5, 5.41) is 9.40. The molecular formula is C9H12Cl2NO2PS. The number of aliphatic hydroxyl groups is 1. The smallest absolute Gasteiger partial charge is 0.264 e. The van der Waals surface area contributed by atoms with E-state index < -0.39 is 6.10 Å². The minimum Gasteiger partial charge on any atom is -0.390 e. The fourth-order valence-electron chi connectivity index (χ4n) is 1.13. The molecule has 0 saturated carbocycles. The molecule has 0 saturated heterocycles. The van der Waals surface area contributed by atoms with E-state index in [-0.39, 0.29) is 18.3 Å². The Balaban J connectivity index is 2.69. The summed E-state index contributed by atoms with van der Waals surface area (Å²) >= 11 is 12.5. The predicted octanol–water partition coefficient (Wildman–Crippen LogP) is 2.28. The Morgan fingerprint density at radius 2 is 2.31 bits per heavy atom. The Bertz CT molecular complexity index is 361. The van der Waals surface area contributed by atoms with Crippen molar-refractivity contribution in [1.29, 1.82) is 0 Å². The predicted molar refractivity (Wildman–Crippen MR) is 71.7 cm³/mol. The minimum atomic E-state index is -0.707. The first kappa shape index (κ1) is 14.2. The maximum absolute atomic E-state index is 12.0. The molecule has 1 heterocycles. The Labute approximate surface area is 111 Å². The zero-order valence-electron chi connectivity index (χ0n) is 8.40. The molecule has 7 heteroatoms. The number of aliphatic hydroxyl groups excluding tert-OH is 1. The van der Waals surface area contributed by atoms with Gasteiger partial charge in [-0.05, 0) is 12.1 Å². The number of hydrogen-bond donors (Lipinski definition) is 1. The van der Waals surface area contributed by atoms with Crippen LogP contribution < -0.4 is 0 Å². The number of carbonyl (C=O) groups is 1. The number of alkyl halides is 1. The standard InChI is InChI=1S/C9H12Cl2NO2PS/c10-3-6(13)4-12(5-15)9(14)7-1-2-8(11)16-7/h1-2,6,13H,3-5,15H2. The topological polar surface area (TPSA) is 40.5 Å². The highest BCUT2D eigenvalue weighted by Gasteiger charge is 2.18. The summed E-state index contributed by atoms with van der Waals surface area (Å²) in [5.41, 5.74) is 0. The second-order valence-corrected chi connectivity index (χ2v) is 5.51. The highest BCUT2D eigenvalue weighted by atomic mass is 35.5. The molecule has 90 valence electrons. The number of halogens is 2. The molecule has 1 aromatic rings. The van der Waals surface area contributed by atoms with Crippen LogP contribution in [0.1, 0.15) is 9.67 Å². The lowest BCUT2D eigenvalue weighted by molar-refractivity contribution is 0.0699. The molecule has 0 aliphatic heterocycles. The second kappa shape index (κ2) is 6.77. The lowest BCUT2D eigenvalue weighted by Crippen LogP contribution is -2.36. The van der Waals surface area contributed by atoms with Gasteiger partial charge in [-0.25, -0.2) is 0 Å². The van der Waals surface area contributed by atoms with Gasteiger partial charge in [0, 0.05) is 12.8 Å². The molecule has 0 aromatic carbocycles. The van der Waals surface area contributed by atoms with Gasteiger partial charge in [0.05, 0.1) is 21.2 Å². The molecule has 3 nitrogen and oxygen atoms in total. The maximum atomic E-state index is 12.0. The number of amides is 1. The van der Waals surface area contributed by atoms with Crippen molar-refractivity contribution < 1.29 is 9.90 Å². The minimum absolute atomic E-state index is 0.111. The molecule has 0 spiro atoms. The van der Waals surface area contributed by atoms with Crippen molar-refractivity contribution in [2.24, 2.45) is 0 Å². The Kier molecular flexibility index (Phi) is 6.01. The van der Waals surface area contributed by atoms with Gasteiger partial charge in [0.1, 0.15) is 0 Å². The average Bonchev–Trinajstić information content (AvgIpc) is 2.71. The normalized spacial score (nSPS) is 12.5. The van der Waals surface area contributed by atoms with Crippen LogP contribution in [0.5, 0.6) is 0 Å². The van der Waals surface area contributed by atoms with Gasteiger partial charge in [-0.3, -0.25) is 4.79 Å². The summed E-state index contributed by atoms with van der Waals surface area (Å²) < 4.78 is 0.574. The maximum Gasteiger partial charge on any atom is 0.264 e. The third-order valence-electron chi connectivity index (χ3n) is 1.90. The van der Waals surface area contributed by atoms with E-state index >= 15 is 0 Å². The van der Waals surface area contributed by atoms with Crippen molar-refractivity contribution in [2.75, 3.05) is 18.7 Å². The number of thiophene rings is 1. The second-order valence-electron chi connectivity index (χ2n) is 3.12. The van der Waals surface area contributed by atoms with Crippen LogP contribution in [0.15, 0.2) is 12.1 Å². The summed E-state index contributed by atoms with van der Waals surface area (Å²) in [5.74, 6) is -0.0318. The van der Waals surface area contributed by atoms with Crippen LogP contribution in [-0.2, 0) is 0 Å². The fourth-order valence-corrected chi connectivity index (χ4v) is 2.55. The van der Waals surface area contributed by atoms with E-state index in [2.05, 4.69) is 9.24 Å². The molecule has 1 amide bonds. The van der Waals surface area contributed by atoms with Gasteiger partial charge in [0.15, 0.2) is 0 Å². The van der Waals surface area contributed by atoms with Gasteiger partial charge in [0.25, 0.3) is 5.91 Å². The summed E-state index contributed by atoms with van der Waals surface area (Å²) in [6.07, 6.45) is -0.260. The molecular weight excluding hydrogens is 288 g/mol. The zero-order chi connectivity index (χ0) is 12.1. The molecule has 0 fully saturated rings. The highest BCUT2D eigenvalue weighted by Crippen LogP contribution is 2.23. The summed E-state index contributed by atoms with van der Waals surface area (Å²) in [4.78, 5) is 14.0. The molecule has 0 aliphatic carbocycles. The first-order chi connectivity index (χ1) is 7.58. The molecule has 1 N–H and O–H groups in total. The van der Waals surface area contributed by atoms with Crippen molar-refractivity contribution in [3.8, 4) is 0 Å². The third kappa shape index (κ3) is 3.86. The van der Waals surface area contributed by atoms with Crippen LogP contribution >= 0.6 is 43.8 Å². The number of nitrogens with zero attached hydrogens (tertiary/aromatic N) is 1. The van der Waals surface area contributed by atoms with E-state index in [9.17, 15) is 9.90 Å². The van der Waals surface area contributed by atoms with Crippen LogP contribution in [0, 0.1) is 0 Å². The molecule has 0 aliphatic rings. The Hall–Kier alpha value is 0.140. The first-order valence-corrected chi connectivity index (χ1v) is 7.11. The van der Waals surface area contributed by atoms with Crippen LogP contribution in [0.3, 0.4) is 0 Å². The van der Waals surface area contributed by atoms with E-state index in [0.717, 1.165) is 0 Å². The molecule has 1 aromatic heterocycles. The quantitative estimate of drug-likeness (QED) is 0.669. The van der Waals surface area contributed by atoms with Gasteiger partial charge in [-0.1, -0.05) is 11.6 Å². The monoisotopic (exact) mass is 299 g/mol.